The van der Waals surface area contributed by atoms with Gasteiger partial charge >= 0.3 is 0 Å². The fourth-order valence-electron chi connectivity index (χ4n) is 4.45. The van der Waals surface area contributed by atoms with Gasteiger partial charge in [0.1, 0.15) is 6.29 Å². The van der Waals surface area contributed by atoms with Gasteiger partial charge < -0.3 is 0 Å². The summed E-state index contributed by atoms with van der Waals surface area (Å²) in [4.78, 5) is 5.27. The fourth-order valence-corrected chi connectivity index (χ4v) is 6.01. The minimum absolute atomic E-state index is 0.0140. The van der Waals surface area contributed by atoms with E-state index < -0.39 is 10.0 Å². The molecule has 28 heavy (non-hydrogen) atoms. The van der Waals surface area contributed by atoms with Crippen molar-refractivity contribution >= 4 is 10.0 Å². The van der Waals surface area contributed by atoms with Gasteiger partial charge in [-0.1, -0.05) is 39.3 Å². The number of piperazine rings is 1. The van der Waals surface area contributed by atoms with Gasteiger partial charge in [0.05, 0.1) is 4.90 Å². The van der Waals surface area contributed by atoms with Crippen molar-refractivity contribution in [3.8, 4) is 0 Å². The molecule has 0 amide bonds. The maximum Gasteiger partial charge on any atom is 0.245 e. The third-order valence-electron chi connectivity index (χ3n) is 6.54. The molecule has 0 bridgehead atoms. The normalized spacial score (nSPS) is 26.5. The van der Waals surface area contributed by atoms with Crippen LogP contribution in [0.5, 0.6) is 0 Å². The number of hydrogen-bond donors (Lipinski definition) is 1. The quantitative estimate of drug-likeness (QED) is 0.829. The Bertz CT molecular complexity index is 776. The highest BCUT2D eigenvalue weighted by Gasteiger charge is 2.40. The molecule has 1 unspecified atom stereocenters. The average Bonchev–Trinajstić information content (AvgIpc) is 3.11. The maximum absolute atomic E-state index is 13.3. The molecule has 1 atom stereocenters. The molecule has 0 spiro atoms. The molecular weight excluding hydrogens is 372 g/mol. The molecular formula is C21H34N4O2S. The summed E-state index contributed by atoms with van der Waals surface area (Å²) in [5.41, 5.74) is 1.16. The number of nitrogens with zero attached hydrogens (tertiary/aromatic N) is 3. The van der Waals surface area contributed by atoms with Gasteiger partial charge in [-0.3, -0.25) is 15.1 Å². The molecule has 7 heteroatoms. The van der Waals surface area contributed by atoms with Crippen molar-refractivity contribution in [1.82, 2.24) is 19.4 Å². The second-order valence-electron chi connectivity index (χ2n) is 9.37. The first-order chi connectivity index (χ1) is 13.3. The van der Waals surface area contributed by atoms with E-state index in [9.17, 15) is 8.42 Å². The Labute approximate surface area is 169 Å². The van der Waals surface area contributed by atoms with E-state index in [0.717, 1.165) is 37.8 Å². The second-order valence-corrected chi connectivity index (χ2v) is 11.3. The van der Waals surface area contributed by atoms with Crippen LogP contribution in [0.4, 0.5) is 0 Å². The van der Waals surface area contributed by atoms with Crippen LogP contribution in [-0.2, 0) is 15.4 Å². The Morgan fingerprint density at radius 3 is 2.07 bits per heavy atom. The lowest BCUT2D eigenvalue weighted by Gasteiger charge is -2.45. The van der Waals surface area contributed by atoms with Crippen LogP contribution in [0.1, 0.15) is 45.6 Å². The topological polar surface area (TPSA) is 55.9 Å². The maximum atomic E-state index is 13.3. The summed E-state index contributed by atoms with van der Waals surface area (Å²) in [6.45, 7) is 11.6. The number of sulfonamides is 1. The van der Waals surface area contributed by atoms with Crippen LogP contribution in [-0.4, -0.2) is 74.1 Å². The Morgan fingerprint density at radius 1 is 0.929 bits per heavy atom. The third-order valence-corrected chi connectivity index (χ3v) is 8.41. The SMILES string of the molecule is CC(C)(C)c1ccc(S(=O)(=O)N2CCNC2N2CCN(C3CCC3)CC2)cc1. The van der Waals surface area contributed by atoms with E-state index in [1.165, 1.54) is 19.3 Å². The molecule has 6 nitrogen and oxygen atoms in total. The number of rotatable bonds is 4. The molecule has 1 aromatic carbocycles. The number of nitrogens with one attached hydrogen (secondary N) is 1. The minimum atomic E-state index is -3.51. The van der Waals surface area contributed by atoms with Crippen molar-refractivity contribution < 1.29 is 8.42 Å². The number of benzene rings is 1. The Morgan fingerprint density at radius 2 is 1.54 bits per heavy atom. The highest BCUT2D eigenvalue weighted by Crippen LogP contribution is 2.28. The molecule has 156 valence electrons. The second kappa shape index (κ2) is 7.69. The van der Waals surface area contributed by atoms with E-state index in [1.807, 2.05) is 12.1 Å². The predicted octanol–water partition coefficient (Wildman–Crippen LogP) is 2.03. The zero-order valence-corrected chi connectivity index (χ0v) is 18.2. The standard InChI is InChI=1S/C21H34N4O2S/c1-21(2,3)17-7-9-19(10-8-17)28(26,27)25-12-11-22-20(25)24-15-13-23(14-16-24)18-5-4-6-18/h7-10,18,20,22H,4-6,11-16H2,1-3H3. The van der Waals surface area contributed by atoms with Gasteiger partial charge in [-0.15, -0.1) is 0 Å². The zero-order chi connectivity index (χ0) is 19.9. The van der Waals surface area contributed by atoms with Crippen molar-refractivity contribution in [1.29, 1.82) is 0 Å². The van der Waals surface area contributed by atoms with Crippen molar-refractivity contribution in [2.75, 3.05) is 39.3 Å². The Hall–Kier alpha value is -0.990. The summed E-state index contributed by atoms with van der Waals surface area (Å²) in [6, 6.07) is 8.19. The van der Waals surface area contributed by atoms with Gasteiger partial charge in [0.15, 0.2) is 0 Å². The molecule has 1 aliphatic carbocycles. The zero-order valence-electron chi connectivity index (χ0n) is 17.4. The van der Waals surface area contributed by atoms with Crippen molar-refractivity contribution in [3.05, 3.63) is 29.8 Å². The first kappa shape index (κ1) is 20.3. The summed E-state index contributed by atoms with van der Waals surface area (Å²) in [5, 5.41) is 3.41. The van der Waals surface area contributed by atoms with Crippen LogP contribution in [0.15, 0.2) is 29.2 Å². The summed E-state index contributed by atoms with van der Waals surface area (Å²) in [7, 11) is -3.51. The van der Waals surface area contributed by atoms with E-state index in [-0.39, 0.29) is 11.7 Å². The molecule has 0 radical (unpaired) electrons. The molecule has 3 aliphatic rings. The smallest absolute Gasteiger partial charge is 0.245 e. The van der Waals surface area contributed by atoms with Crippen LogP contribution < -0.4 is 5.32 Å². The molecule has 1 aromatic rings. The van der Waals surface area contributed by atoms with Crippen molar-refractivity contribution in [2.24, 2.45) is 0 Å². The van der Waals surface area contributed by atoms with Gasteiger partial charge in [0.2, 0.25) is 10.0 Å². The third kappa shape index (κ3) is 3.87. The van der Waals surface area contributed by atoms with Crippen molar-refractivity contribution in [2.45, 2.75) is 62.7 Å². The molecule has 2 heterocycles. The van der Waals surface area contributed by atoms with E-state index in [4.69, 9.17) is 0 Å². The molecule has 3 fully saturated rings. The summed E-state index contributed by atoms with van der Waals surface area (Å²) in [6.07, 6.45) is 3.78. The largest absolute Gasteiger partial charge is 0.298 e. The molecule has 1 saturated carbocycles. The van der Waals surface area contributed by atoms with Gasteiger partial charge in [-0.05, 0) is 36.0 Å². The van der Waals surface area contributed by atoms with Gasteiger partial charge in [0.25, 0.3) is 0 Å². The summed E-state index contributed by atoms with van der Waals surface area (Å²) in [5.74, 6) is 0. The van der Waals surface area contributed by atoms with Crippen LogP contribution >= 0.6 is 0 Å². The predicted molar refractivity (Wildman–Crippen MR) is 112 cm³/mol. The van der Waals surface area contributed by atoms with Gasteiger partial charge in [0, 0.05) is 45.3 Å². The lowest BCUT2D eigenvalue weighted by Crippen LogP contribution is -2.60. The van der Waals surface area contributed by atoms with Crippen LogP contribution in [0.25, 0.3) is 0 Å². The number of hydrogen-bond acceptors (Lipinski definition) is 5. The first-order valence-electron chi connectivity index (χ1n) is 10.6. The lowest BCUT2D eigenvalue weighted by molar-refractivity contribution is 0.0170. The summed E-state index contributed by atoms with van der Waals surface area (Å²) < 4.78 is 28.3. The highest BCUT2D eigenvalue weighted by atomic mass is 32.2. The fraction of sp³-hybridized carbons (Fsp3) is 0.714. The van der Waals surface area contributed by atoms with E-state index >= 15 is 0 Å². The van der Waals surface area contributed by atoms with Gasteiger partial charge in [-0.2, -0.15) is 4.31 Å². The summed E-state index contributed by atoms with van der Waals surface area (Å²) >= 11 is 0. The molecule has 2 saturated heterocycles. The minimum Gasteiger partial charge on any atom is -0.298 e. The Kier molecular flexibility index (Phi) is 5.57. The lowest BCUT2D eigenvalue weighted by atomic mass is 9.87. The monoisotopic (exact) mass is 406 g/mol. The van der Waals surface area contributed by atoms with Gasteiger partial charge in [-0.25, -0.2) is 8.42 Å². The van der Waals surface area contributed by atoms with E-state index in [2.05, 4.69) is 35.9 Å². The molecule has 1 N–H and O–H groups in total. The van der Waals surface area contributed by atoms with Crippen LogP contribution in [0.2, 0.25) is 0 Å². The average molecular weight is 407 g/mol. The van der Waals surface area contributed by atoms with Crippen molar-refractivity contribution in [3.63, 3.8) is 0 Å². The van der Waals surface area contributed by atoms with E-state index in [0.29, 0.717) is 18.0 Å². The Balaban J connectivity index is 1.46. The van der Waals surface area contributed by atoms with E-state index in [1.54, 1.807) is 16.4 Å². The highest BCUT2D eigenvalue weighted by molar-refractivity contribution is 7.89. The van der Waals surface area contributed by atoms with Crippen LogP contribution in [0.3, 0.4) is 0 Å². The molecule has 0 aromatic heterocycles. The molecule has 2 aliphatic heterocycles. The molecule has 4 rings (SSSR count). The first-order valence-corrected chi connectivity index (χ1v) is 12.0. The van der Waals surface area contributed by atoms with Crippen LogP contribution in [0, 0.1) is 0 Å².